The maximum absolute atomic E-state index is 14.8. The minimum absolute atomic E-state index is 0.0116. The summed E-state index contributed by atoms with van der Waals surface area (Å²) in [6, 6.07) is 16.3. The number of amides is 12. The highest BCUT2D eigenvalue weighted by Gasteiger charge is 2.40. The van der Waals surface area contributed by atoms with E-state index in [-0.39, 0.29) is 102 Å². The Labute approximate surface area is 589 Å². The lowest BCUT2D eigenvalue weighted by atomic mass is 9.97. The Kier molecular flexibility index (Phi) is 31.0. The number of halogens is 1. The van der Waals surface area contributed by atoms with Gasteiger partial charge in [-0.2, -0.15) is 0 Å². The summed E-state index contributed by atoms with van der Waals surface area (Å²) in [5.41, 5.74) is 35.6. The zero-order chi connectivity index (χ0) is 73.7. The number of aliphatic hydroxyl groups excluding tert-OH is 1. The predicted octanol–water partition coefficient (Wildman–Crippen LogP) is -1.28. The second kappa shape index (κ2) is 39.6. The molecule has 22 N–H and O–H groups in total. The molecule has 31 nitrogen and oxygen atoms in total. The molecule has 10 atom stereocenters. The fourth-order valence-corrected chi connectivity index (χ4v) is 11.5. The molecule has 1 fully saturated rings. The molecule has 2 heterocycles. The van der Waals surface area contributed by atoms with Crippen molar-refractivity contribution in [2.24, 2.45) is 50.3 Å². The van der Waals surface area contributed by atoms with E-state index in [0.717, 1.165) is 10.8 Å². The number of carbonyl (C=O) groups excluding carboxylic acids is 11. The second-order valence-electron chi connectivity index (χ2n) is 24.9. The summed E-state index contributed by atoms with van der Waals surface area (Å²) in [5.74, 6) is -9.16. The van der Waals surface area contributed by atoms with Crippen molar-refractivity contribution in [3.63, 3.8) is 0 Å². The maximum Gasteiger partial charge on any atom is 0.312 e. The van der Waals surface area contributed by atoms with E-state index >= 15 is 0 Å². The molecular formula is C69H92ClN19O12. The van der Waals surface area contributed by atoms with Crippen molar-refractivity contribution in [3.8, 4) is 0 Å². The van der Waals surface area contributed by atoms with Crippen LogP contribution in [0.2, 0.25) is 5.02 Å². The third-order valence-electron chi connectivity index (χ3n) is 16.6. The first-order valence-electron chi connectivity index (χ1n) is 33.1. The van der Waals surface area contributed by atoms with Gasteiger partial charge in [0.1, 0.15) is 60.4 Å². The molecule has 0 radical (unpaired) electrons. The van der Waals surface area contributed by atoms with E-state index < -0.39 is 132 Å². The van der Waals surface area contributed by atoms with Gasteiger partial charge >= 0.3 is 6.03 Å². The Morgan fingerprint density at radius 3 is 1.55 bits per heavy atom. The molecule has 32 heteroatoms. The third kappa shape index (κ3) is 25.7. The van der Waals surface area contributed by atoms with Crippen LogP contribution in [-0.4, -0.2) is 179 Å². The van der Waals surface area contributed by atoms with E-state index in [4.69, 9.17) is 46.0 Å². The minimum Gasteiger partial charge on any atom is -0.394 e. The molecule has 542 valence electrons. The van der Waals surface area contributed by atoms with Gasteiger partial charge in [-0.1, -0.05) is 116 Å². The number of aliphatic imine (C=N–C) groups is 2. The lowest BCUT2D eigenvalue weighted by molar-refractivity contribution is -0.142. The molecule has 6 rings (SSSR count). The topological polar surface area (TPSA) is 513 Å². The highest BCUT2D eigenvalue weighted by molar-refractivity contribution is 6.30. The summed E-state index contributed by atoms with van der Waals surface area (Å²) >= 11 is 6.23. The number of urea groups is 1. The van der Waals surface area contributed by atoms with E-state index in [9.17, 15) is 57.8 Å². The molecule has 12 amide bonds. The third-order valence-corrected chi connectivity index (χ3v) is 16.8. The minimum atomic E-state index is -1.81. The lowest BCUT2D eigenvalue weighted by Gasteiger charge is -2.31. The number of aromatic nitrogens is 1. The van der Waals surface area contributed by atoms with Crippen LogP contribution in [0.4, 0.5) is 4.79 Å². The Morgan fingerprint density at radius 1 is 0.525 bits per heavy atom. The fraction of sp³-hybridized carbons (Fsp3) is 0.420. The van der Waals surface area contributed by atoms with E-state index in [2.05, 4.69) is 62.8 Å². The molecule has 1 aliphatic heterocycles. The van der Waals surface area contributed by atoms with Crippen molar-refractivity contribution in [2.75, 3.05) is 26.2 Å². The van der Waals surface area contributed by atoms with Gasteiger partial charge in [0, 0.05) is 62.7 Å². The molecule has 5 aromatic rings. The fourth-order valence-electron chi connectivity index (χ4n) is 11.4. The quantitative estimate of drug-likeness (QED) is 0.0124. The molecule has 1 saturated heterocycles. The standard InChI is InChI=1S/C69H92ClN19O12/c1-39(2)32-50(59(93)82-49(22-12-30-79-68(74)75)66(100)89-31-13-23-56(89)65(99)80-40(3)57(71)91)83-61(95)53(35-43-16-10-28-77-37-43)84-58(92)48(21-11-29-78-67(72)73)81-64(98)55(38-90)87-62(96)51(33-41-14-5-4-6-15-41)85-60(94)52(34-42-24-26-46(70)27-25-42)86-63(97)54(88-69(76)101)36-45-19-9-18-44-17-7-8-20-47(44)45/h4-10,14-20,24-28,37,39-40,48-56,90H,11-13,21-23,29-36,38H2,1-3H3,(H2,71,91)(H,80,99)(H,81,98)(H,82,93)(H,83,95)(H,84,92)(H,85,94)(H,86,97)(H,87,96)(H4,72,73,78)(H4,74,75,79)(H3,76,88,101)/t40-,48+,49+,50+,51-,52-,53-,54-,55+,56+/m1/s1. The van der Waals surface area contributed by atoms with E-state index in [1.54, 1.807) is 92.7 Å². The van der Waals surface area contributed by atoms with Gasteiger partial charge in [0.2, 0.25) is 59.1 Å². The highest BCUT2D eigenvalue weighted by atomic mass is 35.5. The SMILES string of the molecule is CC(C)C[C@H](NC(=O)[C@@H](Cc1cccnc1)NC(=O)[C@H](CCCN=C(N)N)NC(=O)[C@H](CO)NC(=O)[C@@H](Cc1ccccc1)NC(=O)[C@@H](Cc1ccc(Cl)cc1)NC(=O)[C@@H](Cc1cccc2ccccc12)NC(N)=O)C(=O)N[C@@H](CCCN=C(N)N)C(=O)N1CCC[C@H]1C(=O)N[C@H](C)C(N)=O. The summed E-state index contributed by atoms with van der Waals surface area (Å²) in [6.45, 7) is 4.09. The summed E-state index contributed by atoms with van der Waals surface area (Å²) in [5, 5.41) is 36.8. The number of guanidine groups is 2. The highest BCUT2D eigenvalue weighted by Crippen LogP contribution is 2.23. The summed E-state index contributed by atoms with van der Waals surface area (Å²) in [4.78, 5) is 168. The van der Waals surface area contributed by atoms with Gasteiger partial charge in [-0.3, -0.25) is 62.9 Å². The van der Waals surface area contributed by atoms with Crippen molar-refractivity contribution in [1.29, 1.82) is 0 Å². The molecule has 0 aliphatic carbocycles. The van der Waals surface area contributed by atoms with E-state index in [1.807, 2.05) is 30.3 Å². The van der Waals surface area contributed by atoms with Crippen molar-refractivity contribution in [3.05, 3.63) is 149 Å². The molecule has 1 aliphatic rings. The van der Waals surface area contributed by atoms with Crippen molar-refractivity contribution >= 4 is 99.4 Å². The number of fused-ring (bicyclic) bond motifs is 1. The smallest absolute Gasteiger partial charge is 0.312 e. The van der Waals surface area contributed by atoms with Crippen molar-refractivity contribution in [1.82, 2.24) is 57.7 Å². The Hall–Kier alpha value is -10.9. The molecule has 0 bridgehead atoms. The number of nitrogens with two attached hydrogens (primary N) is 6. The average molecular weight is 1420 g/mol. The number of hydrogen-bond acceptors (Lipinski definition) is 15. The Bertz CT molecular complexity index is 3730. The van der Waals surface area contributed by atoms with E-state index in [1.165, 1.54) is 24.2 Å². The zero-order valence-corrected chi connectivity index (χ0v) is 57.3. The number of nitrogens with zero attached hydrogens (tertiary/aromatic N) is 4. The van der Waals surface area contributed by atoms with Crippen LogP contribution in [0.1, 0.15) is 88.0 Å². The maximum atomic E-state index is 14.8. The molecular weight excluding hydrogens is 1320 g/mol. The first-order chi connectivity index (χ1) is 48.2. The predicted molar refractivity (Wildman–Crippen MR) is 379 cm³/mol. The van der Waals surface area contributed by atoms with Crippen LogP contribution >= 0.6 is 11.6 Å². The monoisotopic (exact) mass is 1410 g/mol. The number of likely N-dealkylation sites (tertiary alicyclic amines) is 1. The number of benzene rings is 4. The van der Waals surface area contributed by atoms with Gasteiger partial charge in [0.15, 0.2) is 11.9 Å². The lowest BCUT2D eigenvalue weighted by Crippen LogP contribution is -2.61. The van der Waals surface area contributed by atoms with Gasteiger partial charge in [-0.05, 0) is 109 Å². The number of rotatable bonds is 38. The first kappa shape index (κ1) is 79.0. The zero-order valence-electron chi connectivity index (χ0n) is 56.6. The van der Waals surface area contributed by atoms with Crippen LogP contribution in [0.25, 0.3) is 10.8 Å². The molecule has 0 unspecified atom stereocenters. The molecule has 0 saturated carbocycles. The van der Waals surface area contributed by atoms with E-state index in [0.29, 0.717) is 33.7 Å². The number of nitrogens with one attached hydrogen (secondary N) is 9. The number of hydrogen-bond donors (Lipinski definition) is 16. The Morgan fingerprint density at radius 2 is 1.00 bits per heavy atom. The molecule has 0 spiro atoms. The molecule has 101 heavy (non-hydrogen) atoms. The van der Waals surface area contributed by atoms with Crippen LogP contribution in [0.3, 0.4) is 0 Å². The van der Waals surface area contributed by atoms with Crippen LogP contribution in [0.15, 0.2) is 132 Å². The first-order valence-corrected chi connectivity index (χ1v) is 33.5. The number of primary amides is 2. The summed E-state index contributed by atoms with van der Waals surface area (Å²) < 4.78 is 0. The summed E-state index contributed by atoms with van der Waals surface area (Å²) in [7, 11) is 0. The molecule has 1 aromatic heterocycles. The van der Waals surface area contributed by atoms with Gasteiger partial charge in [-0.25, -0.2) is 4.79 Å². The van der Waals surface area contributed by atoms with Crippen LogP contribution in [-0.2, 0) is 73.6 Å². The molecule has 4 aromatic carbocycles. The van der Waals surface area contributed by atoms with Gasteiger partial charge in [-0.15, -0.1) is 0 Å². The van der Waals surface area contributed by atoms with Crippen LogP contribution in [0.5, 0.6) is 0 Å². The number of pyridine rings is 1. The van der Waals surface area contributed by atoms with Gasteiger partial charge in [0.05, 0.1) is 6.61 Å². The number of aliphatic hydroxyl groups is 1. The summed E-state index contributed by atoms with van der Waals surface area (Å²) in [6.07, 6.45) is 3.02. The van der Waals surface area contributed by atoms with Gasteiger partial charge < -0.3 is 92.3 Å². The van der Waals surface area contributed by atoms with Crippen LogP contribution in [0, 0.1) is 5.92 Å². The van der Waals surface area contributed by atoms with Gasteiger partial charge in [0.25, 0.3) is 0 Å². The second-order valence-corrected chi connectivity index (χ2v) is 25.4. The van der Waals surface area contributed by atoms with Crippen LogP contribution < -0.4 is 82.3 Å². The average Bonchev–Trinajstić information content (AvgIpc) is 1.81. The van der Waals surface area contributed by atoms with Crippen molar-refractivity contribution < 1.29 is 57.8 Å². The normalized spacial score (nSPS) is 15.2. The number of carbonyl (C=O) groups is 11. The largest absolute Gasteiger partial charge is 0.394 e. The van der Waals surface area contributed by atoms with Crippen molar-refractivity contribution in [2.45, 2.75) is 152 Å². The Balaban J connectivity index is 1.25.